The molecule has 1 amide bonds. The van der Waals surface area contributed by atoms with Crippen LogP contribution in [-0.2, 0) is 21.2 Å². The molecular weight excluding hydrogens is 359 g/mol. The van der Waals surface area contributed by atoms with Gasteiger partial charge in [-0.15, -0.1) is 0 Å². The van der Waals surface area contributed by atoms with Gasteiger partial charge in [0, 0.05) is 17.8 Å². The number of carbonyl (C=O) groups excluding carboxylic acids is 1. The van der Waals surface area contributed by atoms with Crippen molar-refractivity contribution >= 4 is 44.8 Å². The highest BCUT2D eigenvalue weighted by Gasteiger charge is 2.18. The Morgan fingerprint density at radius 3 is 2.35 bits per heavy atom. The van der Waals surface area contributed by atoms with Gasteiger partial charge >= 0.3 is 0 Å². The van der Waals surface area contributed by atoms with Crippen LogP contribution in [-0.4, -0.2) is 21.4 Å². The number of sulfonamides is 1. The maximum absolute atomic E-state index is 12.4. The predicted molar refractivity (Wildman–Crippen MR) is 91.5 cm³/mol. The molecule has 0 unspecified atom stereocenters. The molecule has 5 nitrogen and oxygen atoms in total. The molecule has 0 radical (unpaired) electrons. The maximum Gasteiger partial charge on any atom is 0.263 e. The molecule has 2 rings (SSSR count). The van der Waals surface area contributed by atoms with Gasteiger partial charge in [0.25, 0.3) is 10.0 Å². The molecule has 2 aromatic rings. The Bertz CT molecular complexity index is 821. The number of hydrogen-bond donors (Lipinski definition) is 2. The monoisotopic (exact) mass is 372 g/mol. The number of carbonyl (C=O) groups is 1. The standard InChI is InChI=1S/C15H14Cl2N2O3S/c1-18-15(20)8-10-2-5-12(6-3-10)19-23(21,22)14-9-11(16)4-7-13(14)17/h2-7,9,19H,8H2,1H3,(H,18,20). The molecule has 0 aliphatic heterocycles. The molecule has 0 aliphatic rings. The van der Waals surface area contributed by atoms with Gasteiger partial charge in [0.1, 0.15) is 4.90 Å². The molecule has 0 aliphatic carbocycles. The zero-order valence-electron chi connectivity index (χ0n) is 12.1. The summed E-state index contributed by atoms with van der Waals surface area (Å²) in [6, 6.07) is 10.7. The topological polar surface area (TPSA) is 75.3 Å². The van der Waals surface area contributed by atoms with Gasteiger partial charge in [-0.1, -0.05) is 35.3 Å². The van der Waals surface area contributed by atoms with E-state index in [0.717, 1.165) is 5.56 Å². The molecule has 8 heteroatoms. The lowest BCUT2D eigenvalue weighted by Gasteiger charge is -2.10. The smallest absolute Gasteiger partial charge is 0.263 e. The second-order valence-electron chi connectivity index (χ2n) is 4.73. The first kappa shape index (κ1) is 17.6. The Morgan fingerprint density at radius 1 is 1.09 bits per heavy atom. The zero-order chi connectivity index (χ0) is 17.0. The lowest BCUT2D eigenvalue weighted by molar-refractivity contribution is -0.119. The van der Waals surface area contributed by atoms with Gasteiger partial charge in [-0.25, -0.2) is 8.42 Å². The number of rotatable bonds is 5. The Morgan fingerprint density at radius 2 is 1.74 bits per heavy atom. The van der Waals surface area contributed by atoms with Crippen molar-refractivity contribution in [3.05, 3.63) is 58.1 Å². The fourth-order valence-corrected chi connectivity index (χ4v) is 3.68. The number of halogens is 2. The van der Waals surface area contributed by atoms with E-state index >= 15 is 0 Å². The van der Waals surface area contributed by atoms with Gasteiger partial charge in [0.15, 0.2) is 0 Å². The molecule has 0 heterocycles. The molecule has 2 aromatic carbocycles. The molecule has 0 spiro atoms. The molecule has 122 valence electrons. The number of hydrogen-bond acceptors (Lipinski definition) is 3. The molecular formula is C15H14Cl2N2O3S. The van der Waals surface area contributed by atoms with E-state index in [2.05, 4.69) is 10.0 Å². The molecule has 0 atom stereocenters. The third-order valence-corrected chi connectivity index (χ3v) is 5.13. The van der Waals surface area contributed by atoms with Crippen LogP contribution in [0.3, 0.4) is 0 Å². The van der Waals surface area contributed by atoms with Crippen LogP contribution in [0.5, 0.6) is 0 Å². The summed E-state index contributed by atoms with van der Waals surface area (Å²) >= 11 is 11.7. The van der Waals surface area contributed by atoms with Gasteiger partial charge < -0.3 is 5.32 Å². The summed E-state index contributed by atoms with van der Waals surface area (Å²) in [6.45, 7) is 0. The minimum absolute atomic E-state index is 0.0816. The summed E-state index contributed by atoms with van der Waals surface area (Å²) in [5.41, 5.74) is 1.13. The van der Waals surface area contributed by atoms with E-state index in [0.29, 0.717) is 5.69 Å². The third-order valence-electron chi connectivity index (χ3n) is 3.03. The third kappa shape index (κ3) is 4.60. The van der Waals surface area contributed by atoms with Crippen molar-refractivity contribution in [2.45, 2.75) is 11.3 Å². The van der Waals surface area contributed by atoms with Crippen LogP contribution in [0.4, 0.5) is 5.69 Å². The lowest BCUT2D eigenvalue weighted by atomic mass is 10.1. The largest absolute Gasteiger partial charge is 0.359 e. The molecule has 0 aromatic heterocycles. The average molecular weight is 373 g/mol. The van der Waals surface area contributed by atoms with Crippen LogP contribution in [0.25, 0.3) is 0 Å². The van der Waals surface area contributed by atoms with Gasteiger partial charge in [0.2, 0.25) is 5.91 Å². The number of anilines is 1. The summed E-state index contributed by atoms with van der Waals surface area (Å²) in [5, 5.41) is 2.88. The fraction of sp³-hybridized carbons (Fsp3) is 0.133. The van der Waals surface area contributed by atoms with Crippen molar-refractivity contribution in [2.75, 3.05) is 11.8 Å². The summed E-state index contributed by atoms with van der Waals surface area (Å²) in [5.74, 6) is -0.121. The molecule has 0 bridgehead atoms. The number of nitrogens with one attached hydrogen (secondary N) is 2. The number of benzene rings is 2. The summed E-state index contributed by atoms with van der Waals surface area (Å²) in [6.07, 6.45) is 0.226. The van der Waals surface area contributed by atoms with E-state index < -0.39 is 10.0 Å². The highest BCUT2D eigenvalue weighted by molar-refractivity contribution is 7.92. The van der Waals surface area contributed by atoms with Crippen molar-refractivity contribution < 1.29 is 13.2 Å². The predicted octanol–water partition coefficient (Wildman–Crippen LogP) is 3.08. The fourth-order valence-electron chi connectivity index (χ4n) is 1.86. The lowest BCUT2D eigenvalue weighted by Crippen LogP contribution is -2.19. The highest BCUT2D eigenvalue weighted by Crippen LogP contribution is 2.26. The first-order valence-electron chi connectivity index (χ1n) is 6.59. The average Bonchev–Trinajstić information content (AvgIpc) is 2.51. The Hall–Kier alpha value is -1.76. The summed E-state index contributed by atoms with van der Waals surface area (Å²) in [4.78, 5) is 11.2. The minimum atomic E-state index is -3.85. The zero-order valence-corrected chi connectivity index (χ0v) is 14.5. The van der Waals surface area contributed by atoms with Gasteiger partial charge in [0.05, 0.1) is 11.4 Å². The Balaban J connectivity index is 2.20. The second kappa shape index (κ2) is 7.21. The summed E-state index contributed by atoms with van der Waals surface area (Å²) in [7, 11) is -2.30. The van der Waals surface area contributed by atoms with Gasteiger partial charge in [-0.05, 0) is 35.9 Å². The number of likely N-dealkylation sites (N-methyl/N-ethyl adjacent to an activating group) is 1. The first-order valence-corrected chi connectivity index (χ1v) is 8.83. The maximum atomic E-state index is 12.4. The van der Waals surface area contributed by atoms with E-state index in [4.69, 9.17) is 23.2 Å². The Labute approximate surface area is 144 Å². The van der Waals surface area contributed by atoms with Crippen LogP contribution in [0.15, 0.2) is 47.4 Å². The molecule has 0 fully saturated rings. The van der Waals surface area contributed by atoms with Crippen LogP contribution in [0.1, 0.15) is 5.56 Å². The van der Waals surface area contributed by atoms with Crippen LogP contribution in [0.2, 0.25) is 10.0 Å². The van der Waals surface area contributed by atoms with Crippen molar-refractivity contribution in [3.63, 3.8) is 0 Å². The normalized spacial score (nSPS) is 11.1. The molecule has 2 N–H and O–H groups in total. The van der Waals surface area contributed by atoms with Crippen LogP contribution < -0.4 is 10.0 Å². The minimum Gasteiger partial charge on any atom is -0.359 e. The quantitative estimate of drug-likeness (QED) is 0.846. The van der Waals surface area contributed by atoms with E-state index in [1.165, 1.54) is 18.2 Å². The van der Waals surface area contributed by atoms with E-state index in [1.54, 1.807) is 31.3 Å². The SMILES string of the molecule is CNC(=O)Cc1ccc(NS(=O)(=O)c2cc(Cl)ccc2Cl)cc1. The highest BCUT2D eigenvalue weighted by atomic mass is 35.5. The van der Waals surface area contributed by atoms with E-state index in [1.807, 2.05) is 0 Å². The molecule has 0 saturated heterocycles. The van der Waals surface area contributed by atoms with E-state index in [-0.39, 0.29) is 27.3 Å². The van der Waals surface area contributed by atoms with Crippen LogP contribution >= 0.6 is 23.2 Å². The van der Waals surface area contributed by atoms with Crippen molar-refractivity contribution in [1.82, 2.24) is 5.32 Å². The Kier molecular flexibility index (Phi) is 5.51. The first-order chi connectivity index (χ1) is 10.8. The van der Waals surface area contributed by atoms with E-state index in [9.17, 15) is 13.2 Å². The molecule has 23 heavy (non-hydrogen) atoms. The van der Waals surface area contributed by atoms with Crippen molar-refractivity contribution in [3.8, 4) is 0 Å². The number of amides is 1. The molecule has 0 saturated carbocycles. The van der Waals surface area contributed by atoms with Crippen molar-refractivity contribution in [1.29, 1.82) is 0 Å². The van der Waals surface area contributed by atoms with Gasteiger partial charge in [-0.2, -0.15) is 0 Å². The van der Waals surface area contributed by atoms with Crippen LogP contribution in [0, 0.1) is 0 Å². The second-order valence-corrected chi connectivity index (χ2v) is 7.22. The van der Waals surface area contributed by atoms with Gasteiger partial charge in [-0.3, -0.25) is 9.52 Å². The summed E-state index contributed by atoms with van der Waals surface area (Å²) < 4.78 is 27.2. The van der Waals surface area contributed by atoms with Crippen molar-refractivity contribution in [2.24, 2.45) is 0 Å².